The molecule has 1 fully saturated rings. The van der Waals surface area contributed by atoms with Crippen LogP contribution in [-0.4, -0.2) is 17.9 Å². The lowest BCUT2D eigenvalue weighted by Gasteiger charge is -2.18. The summed E-state index contributed by atoms with van der Waals surface area (Å²) in [5, 5.41) is 0. The predicted octanol–water partition coefficient (Wildman–Crippen LogP) is 4.37. The molecular weight excluding hydrogens is 263 g/mol. The fraction of sp³-hybridized carbons (Fsp3) is 0.438. The average Bonchev–Trinajstić information content (AvgIpc) is 2.44. The Hall–Kier alpha value is -1.76. The fourth-order valence-corrected chi connectivity index (χ4v) is 2.22. The molecule has 0 saturated heterocycles. The molecule has 0 atom stereocenters. The predicted molar refractivity (Wildman–Crippen MR) is 73.7 cm³/mol. The van der Waals surface area contributed by atoms with Gasteiger partial charge < -0.3 is 0 Å². The highest BCUT2D eigenvalue weighted by Crippen LogP contribution is 2.24. The molecule has 0 amide bonds. The van der Waals surface area contributed by atoms with E-state index in [0.717, 1.165) is 32.1 Å². The number of alkyl halides is 3. The lowest BCUT2D eigenvalue weighted by atomic mass is 9.96. The van der Waals surface area contributed by atoms with E-state index < -0.39 is 11.9 Å². The van der Waals surface area contributed by atoms with Gasteiger partial charge in [-0.1, -0.05) is 43.4 Å². The SMILES string of the molecule is FC(F)(F)C(C#Cc1ccccc1)=NC1CCCCC1. The molecule has 0 aliphatic heterocycles. The Morgan fingerprint density at radius 2 is 1.70 bits per heavy atom. The van der Waals surface area contributed by atoms with Crippen LogP contribution in [0.3, 0.4) is 0 Å². The Labute approximate surface area is 116 Å². The third-order valence-electron chi connectivity index (χ3n) is 3.25. The van der Waals surface area contributed by atoms with Crippen LogP contribution in [0.5, 0.6) is 0 Å². The Bertz CT molecular complexity index is 514. The Kier molecular flexibility index (Phi) is 4.84. The zero-order valence-electron chi connectivity index (χ0n) is 11.1. The smallest absolute Gasteiger partial charge is 0.269 e. The van der Waals surface area contributed by atoms with E-state index in [1.54, 1.807) is 30.3 Å². The van der Waals surface area contributed by atoms with Crippen LogP contribution < -0.4 is 0 Å². The number of aliphatic imine (C=N–C) groups is 1. The third-order valence-corrected chi connectivity index (χ3v) is 3.25. The van der Waals surface area contributed by atoms with Crippen molar-refractivity contribution in [2.24, 2.45) is 4.99 Å². The molecule has 0 unspecified atom stereocenters. The van der Waals surface area contributed by atoms with E-state index in [1.165, 1.54) is 0 Å². The molecule has 0 heterocycles. The summed E-state index contributed by atoms with van der Waals surface area (Å²) in [5.41, 5.74) is -0.388. The monoisotopic (exact) mass is 279 g/mol. The minimum Gasteiger partial charge on any atom is -0.269 e. The molecule has 0 N–H and O–H groups in total. The van der Waals surface area contributed by atoms with E-state index in [0.29, 0.717) is 5.56 Å². The van der Waals surface area contributed by atoms with Crippen molar-refractivity contribution in [3.63, 3.8) is 0 Å². The topological polar surface area (TPSA) is 12.4 Å². The van der Waals surface area contributed by atoms with E-state index >= 15 is 0 Å². The van der Waals surface area contributed by atoms with E-state index in [2.05, 4.69) is 16.8 Å². The van der Waals surface area contributed by atoms with Gasteiger partial charge in [-0.2, -0.15) is 13.2 Å². The summed E-state index contributed by atoms with van der Waals surface area (Å²) in [7, 11) is 0. The van der Waals surface area contributed by atoms with Gasteiger partial charge in [0, 0.05) is 5.56 Å². The van der Waals surface area contributed by atoms with Gasteiger partial charge in [0.1, 0.15) is 0 Å². The summed E-state index contributed by atoms with van der Waals surface area (Å²) in [6.07, 6.45) is -0.0294. The second-order valence-electron chi connectivity index (χ2n) is 4.88. The second-order valence-corrected chi connectivity index (χ2v) is 4.88. The number of rotatable bonds is 1. The van der Waals surface area contributed by atoms with Crippen LogP contribution in [-0.2, 0) is 0 Å². The molecule has 1 aromatic rings. The number of hydrogen-bond acceptors (Lipinski definition) is 1. The van der Waals surface area contributed by atoms with Gasteiger partial charge in [0.05, 0.1) is 6.04 Å². The molecular formula is C16H16F3N. The minimum atomic E-state index is -4.47. The van der Waals surface area contributed by atoms with Gasteiger partial charge in [0.25, 0.3) is 0 Å². The van der Waals surface area contributed by atoms with Gasteiger partial charge >= 0.3 is 6.18 Å². The fourth-order valence-electron chi connectivity index (χ4n) is 2.22. The van der Waals surface area contributed by atoms with Gasteiger partial charge in [0.15, 0.2) is 5.71 Å². The summed E-state index contributed by atoms with van der Waals surface area (Å²) < 4.78 is 38.8. The van der Waals surface area contributed by atoms with Gasteiger partial charge in [-0.05, 0) is 30.9 Å². The minimum absolute atomic E-state index is 0.231. The maximum absolute atomic E-state index is 12.9. The van der Waals surface area contributed by atoms with E-state index in [-0.39, 0.29) is 6.04 Å². The molecule has 1 aliphatic carbocycles. The molecule has 0 bridgehead atoms. The Morgan fingerprint density at radius 1 is 1.05 bits per heavy atom. The third kappa shape index (κ3) is 4.41. The Balaban J connectivity index is 2.20. The highest BCUT2D eigenvalue weighted by molar-refractivity contribution is 6.05. The van der Waals surface area contributed by atoms with Crippen molar-refractivity contribution in [2.45, 2.75) is 44.3 Å². The normalized spacial score (nSPS) is 17.4. The van der Waals surface area contributed by atoms with Crippen molar-refractivity contribution < 1.29 is 13.2 Å². The van der Waals surface area contributed by atoms with Crippen LogP contribution in [0.2, 0.25) is 0 Å². The maximum Gasteiger partial charge on any atom is 0.441 e. The van der Waals surface area contributed by atoms with Crippen LogP contribution >= 0.6 is 0 Å². The summed E-state index contributed by atoms with van der Waals surface area (Å²) in [6.45, 7) is 0. The Morgan fingerprint density at radius 3 is 2.30 bits per heavy atom. The summed E-state index contributed by atoms with van der Waals surface area (Å²) >= 11 is 0. The molecule has 0 aromatic heterocycles. The summed E-state index contributed by atoms with van der Waals surface area (Å²) in [4.78, 5) is 3.84. The first kappa shape index (κ1) is 14.6. The van der Waals surface area contributed by atoms with E-state index in [9.17, 15) is 13.2 Å². The molecule has 4 heteroatoms. The molecule has 0 spiro atoms. The van der Waals surface area contributed by atoms with Crippen molar-refractivity contribution in [2.75, 3.05) is 0 Å². The van der Waals surface area contributed by atoms with Gasteiger partial charge in [-0.15, -0.1) is 0 Å². The van der Waals surface area contributed by atoms with Crippen molar-refractivity contribution in [1.82, 2.24) is 0 Å². The molecule has 1 aliphatic rings. The largest absolute Gasteiger partial charge is 0.441 e. The zero-order chi connectivity index (χ0) is 14.4. The molecule has 2 rings (SSSR count). The van der Waals surface area contributed by atoms with E-state index in [1.807, 2.05) is 0 Å². The van der Waals surface area contributed by atoms with Crippen LogP contribution in [0, 0.1) is 11.8 Å². The molecule has 1 aromatic carbocycles. The molecule has 106 valence electrons. The van der Waals surface area contributed by atoms with Crippen molar-refractivity contribution in [3.8, 4) is 11.8 Å². The quantitative estimate of drug-likeness (QED) is 0.534. The highest BCUT2D eigenvalue weighted by atomic mass is 19.4. The van der Waals surface area contributed by atoms with Gasteiger partial charge in [-0.3, -0.25) is 4.99 Å². The lowest BCUT2D eigenvalue weighted by molar-refractivity contribution is -0.0576. The first-order valence-corrected chi connectivity index (χ1v) is 6.78. The molecule has 1 nitrogen and oxygen atoms in total. The van der Waals surface area contributed by atoms with Crippen LogP contribution in [0.15, 0.2) is 35.3 Å². The standard InChI is InChI=1S/C16H16F3N/c17-16(18,19)15(20-14-9-5-2-6-10-14)12-11-13-7-3-1-4-8-13/h1,3-4,7-8,14H,2,5-6,9-10H2. The van der Waals surface area contributed by atoms with Gasteiger partial charge in [-0.25, -0.2) is 0 Å². The van der Waals surface area contributed by atoms with Crippen LogP contribution in [0.1, 0.15) is 37.7 Å². The van der Waals surface area contributed by atoms with Crippen LogP contribution in [0.25, 0.3) is 0 Å². The lowest BCUT2D eigenvalue weighted by Crippen LogP contribution is -2.24. The van der Waals surface area contributed by atoms with Crippen molar-refractivity contribution in [3.05, 3.63) is 35.9 Å². The summed E-state index contributed by atoms with van der Waals surface area (Å²) in [5.74, 6) is 4.74. The summed E-state index contributed by atoms with van der Waals surface area (Å²) in [6, 6.07) is 8.42. The number of halogens is 3. The number of benzene rings is 1. The van der Waals surface area contributed by atoms with E-state index in [4.69, 9.17) is 0 Å². The van der Waals surface area contributed by atoms with Crippen molar-refractivity contribution >= 4 is 5.71 Å². The first-order chi connectivity index (χ1) is 9.55. The average molecular weight is 279 g/mol. The molecule has 20 heavy (non-hydrogen) atoms. The molecule has 0 radical (unpaired) electrons. The number of hydrogen-bond donors (Lipinski definition) is 0. The first-order valence-electron chi connectivity index (χ1n) is 6.78. The molecule has 1 saturated carbocycles. The number of nitrogens with zero attached hydrogens (tertiary/aromatic N) is 1. The van der Waals surface area contributed by atoms with Crippen LogP contribution in [0.4, 0.5) is 13.2 Å². The van der Waals surface area contributed by atoms with Crippen molar-refractivity contribution in [1.29, 1.82) is 0 Å². The second kappa shape index (κ2) is 6.60. The maximum atomic E-state index is 12.9. The van der Waals surface area contributed by atoms with Gasteiger partial charge in [0.2, 0.25) is 0 Å². The zero-order valence-corrected chi connectivity index (χ0v) is 11.1. The highest BCUT2D eigenvalue weighted by Gasteiger charge is 2.35.